The lowest BCUT2D eigenvalue weighted by molar-refractivity contribution is 0.400. The highest BCUT2D eigenvalue weighted by Crippen LogP contribution is 2.45. The zero-order chi connectivity index (χ0) is 16.7. The molecule has 11 heteroatoms. The molecule has 0 aromatic heterocycles. The molecule has 0 saturated carbocycles. The van der Waals surface area contributed by atoms with Gasteiger partial charge in [-0.15, -0.1) is 8.42 Å². The summed E-state index contributed by atoms with van der Waals surface area (Å²) < 4.78 is 55.2. The summed E-state index contributed by atoms with van der Waals surface area (Å²) in [5.41, 5.74) is 6.75. The van der Waals surface area contributed by atoms with Crippen LogP contribution in [0.4, 0.5) is 11.4 Å². The Labute approximate surface area is 129 Å². The maximum absolute atomic E-state index is 11.7. The summed E-state index contributed by atoms with van der Waals surface area (Å²) in [6.07, 6.45) is 0. The zero-order valence-corrected chi connectivity index (χ0v) is 13.7. The topological polar surface area (TPSA) is 142 Å². The highest BCUT2D eigenvalue weighted by Gasteiger charge is 2.31. The molecule has 0 aliphatic carbocycles. The minimum Gasteiger partial charge on any atom is -0.395 e. The van der Waals surface area contributed by atoms with Crippen molar-refractivity contribution in [3.8, 4) is 11.5 Å². The molecule has 0 radical (unpaired) electrons. The third-order valence-electron chi connectivity index (χ3n) is 3.26. The van der Waals surface area contributed by atoms with Crippen molar-refractivity contribution >= 4 is 31.8 Å². The number of anilines is 2. The summed E-state index contributed by atoms with van der Waals surface area (Å²) >= 11 is 0. The van der Waals surface area contributed by atoms with E-state index in [-0.39, 0.29) is 29.5 Å². The second-order valence-electron chi connectivity index (χ2n) is 4.78. The summed E-state index contributed by atoms with van der Waals surface area (Å²) in [7, 11) is -7.91. The van der Waals surface area contributed by atoms with Gasteiger partial charge in [0.1, 0.15) is 0 Å². The first-order valence-electron chi connectivity index (χ1n) is 6.36. The largest absolute Gasteiger partial charge is 0.501 e. The molecule has 2 heterocycles. The van der Waals surface area contributed by atoms with E-state index >= 15 is 0 Å². The van der Waals surface area contributed by atoms with Crippen LogP contribution in [0.5, 0.6) is 11.5 Å². The lowest BCUT2D eigenvalue weighted by Gasteiger charge is -2.24. The van der Waals surface area contributed by atoms with E-state index in [9.17, 15) is 16.8 Å². The molecule has 1 aromatic rings. The maximum atomic E-state index is 11.7. The molecular formula is C11H17N3O6S2. The average Bonchev–Trinajstić information content (AvgIpc) is 2.56. The van der Waals surface area contributed by atoms with Gasteiger partial charge in [-0.25, -0.2) is 13.6 Å². The van der Waals surface area contributed by atoms with Crippen molar-refractivity contribution in [2.24, 2.45) is 5.14 Å². The summed E-state index contributed by atoms with van der Waals surface area (Å²) in [5.74, 6) is -0.315. The van der Waals surface area contributed by atoms with Crippen LogP contribution in [-0.4, -0.2) is 35.7 Å². The number of nitrogen functional groups attached to an aromatic ring is 1. The van der Waals surface area contributed by atoms with Gasteiger partial charge in [0, 0.05) is 24.7 Å². The quantitative estimate of drug-likeness (QED) is 0.689. The van der Waals surface area contributed by atoms with Gasteiger partial charge in [-0.1, -0.05) is 0 Å². The maximum Gasteiger partial charge on any atom is 0.501 e. The number of primary sulfonamides is 1. The van der Waals surface area contributed by atoms with Crippen molar-refractivity contribution in [1.82, 2.24) is 0 Å². The molecule has 9 nitrogen and oxygen atoms in total. The van der Waals surface area contributed by atoms with E-state index < -0.39 is 20.4 Å². The molecular weight excluding hydrogens is 334 g/mol. The minimum absolute atomic E-state index is 0.0232. The van der Waals surface area contributed by atoms with Crippen LogP contribution in [0.1, 0.15) is 12.5 Å². The molecule has 0 amide bonds. The van der Waals surface area contributed by atoms with E-state index in [0.29, 0.717) is 17.8 Å². The molecule has 22 heavy (non-hydrogen) atoms. The van der Waals surface area contributed by atoms with Crippen LogP contribution >= 0.6 is 0 Å². The summed E-state index contributed by atoms with van der Waals surface area (Å²) in [6.45, 7) is 3.87. The average molecular weight is 351 g/mol. The number of nitrogens with zero attached hydrogens (tertiary/aromatic N) is 1. The molecule has 3 rings (SSSR count). The zero-order valence-electron chi connectivity index (χ0n) is 12.1. The van der Waals surface area contributed by atoms with Crippen molar-refractivity contribution < 1.29 is 25.2 Å². The fraction of sp³-hybridized carbons (Fsp3) is 0.455. The third-order valence-corrected chi connectivity index (χ3v) is 4.76. The van der Waals surface area contributed by atoms with Crippen LogP contribution in [0.3, 0.4) is 0 Å². The predicted octanol–water partition coefficient (Wildman–Crippen LogP) is -0.292. The normalized spacial score (nSPS) is 15.8. The standard InChI is InChI=1S/C11H17N3O6S2/c1-3-14(4-5-21(13,15)16)8-6-9-10(12)7(2)11(8)20-22(17,18)19-9/h6H,3-5,12H2,1-2H3,(H2,13,15,16). The smallest absolute Gasteiger partial charge is 0.395 e. The lowest BCUT2D eigenvalue weighted by atomic mass is 10.1. The van der Waals surface area contributed by atoms with Gasteiger partial charge in [-0.3, -0.25) is 0 Å². The Bertz CT molecular complexity index is 804. The van der Waals surface area contributed by atoms with Crippen LogP contribution in [0, 0.1) is 6.92 Å². The number of nitrogens with two attached hydrogens (primary N) is 2. The van der Waals surface area contributed by atoms with Gasteiger partial charge in [0.2, 0.25) is 10.0 Å². The van der Waals surface area contributed by atoms with Crippen molar-refractivity contribution in [1.29, 1.82) is 0 Å². The molecule has 4 N–H and O–H groups in total. The Balaban J connectivity index is 2.49. The SMILES string of the molecule is CCN(CCS(N)(=O)=O)c1cc2c(N)c(C)c1OS(=O)(=O)O2. The molecule has 0 unspecified atom stereocenters. The molecule has 2 aliphatic heterocycles. The number of hydrogen-bond donors (Lipinski definition) is 2. The molecule has 1 aromatic carbocycles. The van der Waals surface area contributed by atoms with Gasteiger partial charge in [-0.2, -0.15) is 0 Å². The second kappa shape index (κ2) is 5.48. The molecule has 0 fully saturated rings. The molecule has 2 bridgehead atoms. The number of rotatable bonds is 5. The summed E-state index contributed by atoms with van der Waals surface area (Å²) in [6, 6.07) is 1.41. The third kappa shape index (κ3) is 3.36. The van der Waals surface area contributed by atoms with E-state index in [2.05, 4.69) is 0 Å². The van der Waals surface area contributed by atoms with E-state index in [0.717, 1.165) is 0 Å². The van der Waals surface area contributed by atoms with E-state index in [1.807, 2.05) is 0 Å². The van der Waals surface area contributed by atoms with E-state index in [4.69, 9.17) is 19.2 Å². The predicted molar refractivity (Wildman–Crippen MR) is 81.6 cm³/mol. The van der Waals surface area contributed by atoms with Crippen LogP contribution in [0.2, 0.25) is 0 Å². The monoisotopic (exact) mass is 351 g/mol. The van der Waals surface area contributed by atoms with Gasteiger partial charge in [0.15, 0.2) is 11.5 Å². The Morgan fingerprint density at radius 3 is 2.50 bits per heavy atom. The van der Waals surface area contributed by atoms with Crippen LogP contribution < -0.4 is 24.1 Å². The molecule has 124 valence electrons. The van der Waals surface area contributed by atoms with Crippen LogP contribution in [-0.2, 0) is 20.4 Å². The summed E-state index contributed by atoms with van der Waals surface area (Å²) in [4.78, 5) is 1.62. The van der Waals surface area contributed by atoms with Gasteiger partial charge in [-0.05, 0) is 13.8 Å². The van der Waals surface area contributed by atoms with Crippen molar-refractivity contribution in [2.75, 3.05) is 29.5 Å². The molecule has 2 aliphatic rings. The van der Waals surface area contributed by atoms with Gasteiger partial charge >= 0.3 is 10.4 Å². The van der Waals surface area contributed by atoms with E-state index in [1.165, 1.54) is 6.07 Å². The summed E-state index contributed by atoms with van der Waals surface area (Å²) in [5, 5.41) is 5.00. The Morgan fingerprint density at radius 2 is 1.95 bits per heavy atom. The first-order valence-corrected chi connectivity index (χ1v) is 9.41. The highest BCUT2D eigenvalue weighted by atomic mass is 32.3. The highest BCUT2D eigenvalue weighted by molar-refractivity contribution is 7.89. The van der Waals surface area contributed by atoms with Crippen LogP contribution in [0.25, 0.3) is 0 Å². The van der Waals surface area contributed by atoms with Crippen LogP contribution in [0.15, 0.2) is 6.07 Å². The van der Waals surface area contributed by atoms with Crippen molar-refractivity contribution in [2.45, 2.75) is 13.8 Å². The number of hydrogen-bond acceptors (Lipinski definition) is 8. The number of fused-ring (bicyclic) bond motifs is 4. The van der Waals surface area contributed by atoms with Crippen molar-refractivity contribution in [3.05, 3.63) is 11.6 Å². The Kier molecular flexibility index (Phi) is 4.15. The van der Waals surface area contributed by atoms with E-state index in [1.54, 1.807) is 18.7 Å². The van der Waals surface area contributed by atoms with Gasteiger partial charge in [0.25, 0.3) is 0 Å². The fourth-order valence-corrected chi connectivity index (χ4v) is 3.37. The first kappa shape index (κ1) is 16.6. The Morgan fingerprint density at radius 1 is 1.32 bits per heavy atom. The molecule has 0 atom stereocenters. The minimum atomic E-state index is -4.26. The lowest BCUT2D eigenvalue weighted by Crippen LogP contribution is -2.32. The second-order valence-corrected chi connectivity index (χ2v) is 7.67. The molecule has 0 saturated heterocycles. The fourth-order valence-electron chi connectivity index (χ4n) is 2.09. The first-order chi connectivity index (χ1) is 10.0. The van der Waals surface area contributed by atoms with Crippen molar-refractivity contribution in [3.63, 3.8) is 0 Å². The number of benzene rings is 1. The van der Waals surface area contributed by atoms with Gasteiger partial charge in [0.05, 0.1) is 17.1 Å². The molecule has 0 spiro atoms. The van der Waals surface area contributed by atoms with Gasteiger partial charge < -0.3 is 19.0 Å². The Hall–Kier alpha value is -1.72. The number of sulfonamides is 1.